The maximum atomic E-state index is 6.24. The third-order valence-corrected chi connectivity index (χ3v) is 7.09. The summed E-state index contributed by atoms with van der Waals surface area (Å²) >= 11 is 0. The van der Waals surface area contributed by atoms with Gasteiger partial charge in [0.15, 0.2) is 0 Å². The molecule has 0 unspecified atom stereocenters. The molecule has 0 bridgehead atoms. The van der Waals surface area contributed by atoms with E-state index in [2.05, 4.69) is 27.7 Å². The van der Waals surface area contributed by atoms with Crippen LogP contribution in [0.25, 0.3) is 0 Å². The summed E-state index contributed by atoms with van der Waals surface area (Å²) in [6.45, 7) is 11.6. The molecule has 0 aromatic heterocycles. The van der Waals surface area contributed by atoms with Crippen molar-refractivity contribution in [2.24, 2.45) is 0 Å². The van der Waals surface area contributed by atoms with Crippen LogP contribution in [0, 0.1) is 0 Å². The molecular formula is C23H50O4Si. The topological polar surface area (TPSA) is 36.9 Å². The van der Waals surface area contributed by atoms with E-state index in [1.807, 2.05) is 0 Å². The minimum absolute atomic E-state index is 0.680. The molecule has 0 spiro atoms. The van der Waals surface area contributed by atoms with E-state index in [0.29, 0.717) is 26.4 Å². The van der Waals surface area contributed by atoms with Crippen LogP contribution < -0.4 is 0 Å². The average molecular weight is 419 g/mol. The summed E-state index contributed by atoms with van der Waals surface area (Å²) in [5.74, 6) is 0. The van der Waals surface area contributed by atoms with Crippen molar-refractivity contribution < 1.29 is 17.7 Å². The molecule has 0 aliphatic rings. The fraction of sp³-hybridized carbons (Fsp3) is 1.00. The average Bonchev–Trinajstić information content (AvgIpc) is 2.70. The quantitative estimate of drug-likeness (QED) is 0.128. The van der Waals surface area contributed by atoms with Crippen LogP contribution in [0.1, 0.15) is 124 Å². The van der Waals surface area contributed by atoms with Crippen molar-refractivity contribution in [3.8, 4) is 0 Å². The fourth-order valence-electron chi connectivity index (χ4n) is 2.98. The Morgan fingerprint density at radius 3 is 0.893 bits per heavy atom. The third-order valence-electron chi connectivity index (χ3n) is 4.86. The number of hydrogen-bond donors (Lipinski definition) is 0. The molecule has 4 nitrogen and oxygen atoms in total. The van der Waals surface area contributed by atoms with Crippen molar-refractivity contribution in [2.75, 3.05) is 26.4 Å². The van der Waals surface area contributed by atoms with Gasteiger partial charge in [-0.3, -0.25) is 0 Å². The molecule has 0 saturated carbocycles. The zero-order valence-electron chi connectivity index (χ0n) is 19.6. The van der Waals surface area contributed by atoms with E-state index in [9.17, 15) is 0 Å². The molecule has 0 fully saturated rings. The molecule has 170 valence electrons. The van der Waals surface area contributed by atoms with Crippen LogP contribution >= 0.6 is 0 Å². The smallest absolute Gasteiger partial charge is 0.351 e. The van der Waals surface area contributed by atoms with Crippen LogP contribution in [0.5, 0.6) is 0 Å². The Kier molecular flexibility index (Phi) is 21.8. The Balaban J connectivity index is 4.66. The van der Waals surface area contributed by atoms with E-state index in [1.165, 1.54) is 70.6 Å². The van der Waals surface area contributed by atoms with Crippen molar-refractivity contribution in [1.82, 2.24) is 0 Å². The van der Waals surface area contributed by atoms with Crippen molar-refractivity contribution in [2.45, 2.75) is 124 Å². The lowest BCUT2D eigenvalue weighted by atomic mass is 10.2. The van der Waals surface area contributed by atoms with Gasteiger partial charge in [0.25, 0.3) is 0 Å². The Morgan fingerprint density at radius 1 is 0.357 bits per heavy atom. The third kappa shape index (κ3) is 17.0. The first-order chi connectivity index (χ1) is 13.7. The summed E-state index contributed by atoms with van der Waals surface area (Å²) in [6.07, 6.45) is 17.6. The molecular weight excluding hydrogens is 368 g/mol. The highest BCUT2D eigenvalue weighted by Gasteiger charge is 2.45. The van der Waals surface area contributed by atoms with Gasteiger partial charge in [-0.2, -0.15) is 0 Å². The van der Waals surface area contributed by atoms with E-state index in [1.54, 1.807) is 0 Å². The highest BCUT2D eigenvalue weighted by Crippen LogP contribution is 2.17. The molecule has 0 aromatic rings. The van der Waals surface area contributed by atoms with Crippen molar-refractivity contribution in [3.63, 3.8) is 0 Å². The maximum absolute atomic E-state index is 6.24. The summed E-state index contributed by atoms with van der Waals surface area (Å²) < 4.78 is 24.9. The van der Waals surface area contributed by atoms with Gasteiger partial charge in [0.1, 0.15) is 0 Å². The minimum Gasteiger partial charge on any atom is -0.351 e. The maximum Gasteiger partial charge on any atom is 0.679 e. The van der Waals surface area contributed by atoms with E-state index in [-0.39, 0.29) is 0 Å². The summed E-state index contributed by atoms with van der Waals surface area (Å²) in [5.41, 5.74) is 0. The lowest BCUT2D eigenvalue weighted by Gasteiger charge is -2.28. The standard InChI is InChI=1S/C23H50O4Si/c1-5-9-13-17-21-25-28(24-20-16-12-8-4,26-22-18-14-10-6-2)27-23-19-15-11-7-3/h5-23H2,1-4H3. The van der Waals surface area contributed by atoms with Gasteiger partial charge in [-0.1, -0.05) is 98.3 Å². The van der Waals surface area contributed by atoms with Gasteiger partial charge in [0.2, 0.25) is 0 Å². The largest absolute Gasteiger partial charge is 0.679 e. The first kappa shape index (κ1) is 28.1. The molecule has 0 amide bonds. The van der Waals surface area contributed by atoms with Crippen molar-refractivity contribution in [3.05, 3.63) is 0 Å². The van der Waals surface area contributed by atoms with Gasteiger partial charge in [0.05, 0.1) is 0 Å². The van der Waals surface area contributed by atoms with E-state index >= 15 is 0 Å². The Hall–Kier alpha value is 0.0569. The summed E-state index contributed by atoms with van der Waals surface area (Å²) in [4.78, 5) is 0. The second-order valence-corrected chi connectivity index (χ2v) is 9.94. The molecule has 0 radical (unpaired) electrons. The monoisotopic (exact) mass is 418 g/mol. The molecule has 28 heavy (non-hydrogen) atoms. The second kappa shape index (κ2) is 21.8. The molecule has 0 N–H and O–H groups in total. The van der Waals surface area contributed by atoms with E-state index < -0.39 is 9.05 Å². The van der Waals surface area contributed by atoms with Crippen LogP contribution in [0.4, 0.5) is 0 Å². The minimum atomic E-state index is -3.03. The van der Waals surface area contributed by atoms with Gasteiger partial charge >= 0.3 is 9.05 Å². The molecule has 0 aliphatic heterocycles. The molecule has 5 heteroatoms. The molecule has 0 aromatic carbocycles. The summed E-state index contributed by atoms with van der Waals surface area (Å²) in [7, 11) is -3.03. The molecule has 0 atom stereocenters. The van der Waals surface area contributed by atoms with Crippen molar-refractivity contribution >= 4 is 9.05 Å². The Bertz CT molecular complexity index is 266. The fourth-order valence-corrected chi connectivity index (χ4v) is 5.05. The van der Waals surface area contributed by atoms with Crippen LogP contribution in [-0.2, 0) is 17.7 Å². The van der Waals surface area contributed by atoms with Crippen molar-refractivity contribution in [1.29, 1.82) is 0 Å². The predicted molar refractivity (Wildman–Crippen MR) is 122 cm³/mol. The van der Waals surface area contributed by atoms with Crippen LogP contribution in [0.15, 0.2) is 0 Å². The number of rotatable bonds is 23. The highest BCUT2D eigenvalue weighted by molar-refractivity contribution is 6.53. The Morgan fingerprint density at radius 2 is 0.607 bits per heavy atom. The lowest BCUT2D eigenvalue weighted by molar-refractivity contribution is -0.0374. The van der Waals surface area contributed by atoms with Gasteiger partial charge in [-0.15, -0.1) is 0 Å². The zero-order valence-corrected chi connectivity index (χ0v) is 20.6. The van der Waals surface area contributed by atoms with Gasteiger partial charge in [0, 0.05) is 26.4 Å². The summed E-state index contributed by atoms with van der Waals surface area (Å²) in [6, 6.07) is 0. The van der Waals surface area contributed by atoms with Crippen LogP contribution in [0.3, 0.4) is 0 Å². The van der Waals surface area contributed by atoms with Gasteiger partial charge < -0.3 is 17.7 Å². The van der Waals surface area contributed by atoms with Gasteiger partial charge in [-0.25, -0.2) is 0 Å². The number of hydrogen-bond acceptors (Lipinski definition) is 4. The number of unbranched alkanes of at least 4 members (excludes halogenated alkanes) is 11. The van der Waals surface area contributed by atoms with Crippen LogP contribution in [-0.4, -0.2) is 35.5 Å². The first-order valence-electron chi connectivity index (χ1n) is 12.3. The molecule has 0 heterocycles. The normalized spacial score (nSPS) is 12.0. The molecule has 0 saturated heterocycles. The SMILES string of the molecule is CCCCCCO[Si](OCCCCC)(OCCCCCC)OCCCCCC. The van der Waals surface area contributed by atoms with Gasteiger partial charge in [-0.05, 0) is 25.7 Å². The molecule has 0 rings (SSSR count). The Labute approximate surface area is 177 Å². The zero-order chi connectivity index (χ0) is 20.8. The van der Waals surface area contributed by atoms with E-state index in [4.69, 9.17) is 17.7 Å². The highest BCUT2D eigenvalue weighted by atomic mass is 28.4. The second-order valence-electron chi connectivity index (χ2n) is 7.78. The summed E-state index contributed by atoms with van der Waals surface area (Å²) in [5, 5.41) is 0. The first-order valence-corrected chi connectivity index (χ1v) is 13.9. The molecule has 0 aliphatic carbocycles. The predicted octanol–water partition coefficient (Wildman–Crippen LogP) is 7.42. The van der Waals surface area contributed by atoms with E-state index in [0.717, 1.165) is 25.7 Å². The van der Waals surface area contributed by atoms with Crippen LogP contribution in [0.2, 0.25) is 0 Å². The lowest BCUT2D eigenvalue weighted by Crippen LogP contribution is -2.50.